The highest BCUT2D eigenvalue weighted by molar-refractivity contribution is 5.72. The summed E-state index contributed by atoms with van der Waals surface area (Å²) in [6.07, 6.45) is 101. The van der Waals surface area contributed by atoms with Gasteiger partial charge in [0.15, 0.2) is 6.10 Å². The van der Waals surface area contributed by atoms with Crippen molar-refractivity contribution >= 4 is 17.9 Å². The summed E-state index contributed by atoms with van der Waals surface area (Å²) in [6, 6.07) is 0. The summed E-state index contributed by atoms with van der Waals surface area (Å²) in [4.78, 5) is 38.3. The van der Waals surface area contributed by atoms with Gasteiger partial charge in [0.25, 0.3) is 0 Å². The van der Waals surface area contributed by atoms with E-state index < -0.39 is 12.1 Å². The Morgan fingerprint density at radius 1 is 0.253 bits per heavy atom. The van der Waals surface area contributed by atoms with Gasteiger partial charge in [-0.25, -0.2) is 0 Å². The van der Waals surface area contributed by atoms with Crippen molar-refractivity contribution in [3.63, 3.8) is 0 Å². The summed E-state index contributed by atoms with van der Waals surface area (Å²) in [6.45, 7) is 6.22. The lowest BCUT2D eigenvalue weighted by Gasteiger charge is -2.18. The molecule has 0 saturated heterocycles. The van der Waals surface area contributed by atoms with Crippen molar-refractivity contribution in [2.45, 2.75) is 297 Å². The van der Waals surface area contributed by atoms with Gasteiger partial charge < -0.3 is 14.2 Å². The van der Waals surface area contributed by atoms with E-state index in [1.807, 2.05) is 6.08 Å². The van der Waals surface area contributed by atoms with Crippen LogP contribution in [0.2, 0.25) is 0 Å². The molecule has 0 aliphatic rings. The molecule has 0 bridgehead atoms. The number of rotatable bonds is 60. The number of ether oxygens (including phenoxy) is 3. The van der Waals surface area contributed by atoms with Gasteiger partial charge in [-0.05, 0) is 122 Å². The Morgan fingerprint density at radius 3 is 0.783 bits per heavy atom. The van der Waals surface area contributed by atoms with Crippen LogP contribution >= 0.6 is 0 Å². The molecule has 0 aromatic carbocycles. The highest BCUT2D eigenvalue weighted by Crippen LogP contribution is 2.16. The van der Waals surface area contributed by atoms with Gasteiger partial charge in [0.2, 0.25) is 0 Å². The van der Waals surface area contributed by atoms with E-state index >= 15 is 0 Å². The fraction of sp³-hybridized carbons (Fsp3) is 0.623. The molecule has 0 heterocycles. The molecule has 6 heteroatoms. The van der Waals surface area contributed by atoms with Crippen molar-refractivity contribution in [3.8, 4) is 0 Å². The molecule has 0 N–H and O–H groups in total. The average Bonchev–Trinajstić information content (AvgIpc) is 3.49. The molecule has 1 atom stereocenters. The lowest BCUT2D eigenvalue weighted by Crippen LogP contribution is -2.30. The van der Waals surface area contributed by atoms with Gasteiger partial charge in [-0.3, -0.25) is 14.4 Å². The Bertz CT molecular complexity index is 1840. The molecule has 6 nitrogen and oxygen atoms in total. The molecule has 0 amide bonds. The Kier molecular flexibility index (Phi) is 65.4. The highest BCUT2D eigenvalue weighted by atomic mass is 16.6. The summed E-state index contributed by atoms with van der Waals surface area (Å²) < 4.78 is 16.8. The first-order chi connectivity index (χ1) is 41.0. The molecular formula is C77H124O6. The van der Waals surface area contributed by atoms with Crippen molar-refractivity contribution in [1.29, 1.82) is 0 Å². The van der Waals surface area contributed by atoms with Gasteiger partial charge in [-0.2, -0.15) is 0 Å². The Balaban J connectivity index is 4.37. The van der Waals surface area contributed by atoms with Crippen LogP contribution in [0, 0.1) is 0 Å². The quantitative estimate of drug-likeness (QED) is 0.0261. The van der Waals surface area contributed by atoms with Crippen LogP contribution in [0.1, 0.15) is 290 Å². The Morgan fingerprint density at radius 2 is 0.482 bits per heavy atom. The summed E-state index contributed by atoms with van der Waals surface area (Å²) >= 11 is 0. The van der Waals surface area contributed by atoms with E-state index in [1.165, 1.54) is 122 Å². The number of unbranched alkanes of at least 4 members (excludes halogenated alkanes) is 24. The van der Waals surface area contributed by atoms with E-state index in [1.54, 1.807) is 6.08 Å². The van der Waals surface area contributed by atoms with Crippen molar-refractivity contribution < 1.29 is 28.6 Å². The maximum Gasteiger partial charge on any atom is 0.309 e. The molecule has 0 rings (SSSR count). The van der Waals surface area contributed by atoms with Crippen LogP contribution in [0.15, 0.2) is 158 Å². The minimum absolute atomic E-state index is 0.116. The first-order valence-corrected chi connectivity index (χ1v) is 34.0. The monoisotopic (exact) mass is 1140 g/mol. The molecule has 0 radical (unpaired) electrons. The molecular weight excluding hydrogens is 1020 g/mol. The van der Waals surface area contributed by atoms with E-state index in [-0.39, 0.29) is 31.6 Å². The van der Waals surface area contributed by atoms with Gasteiger partial charge in [0.05, 0.1) is 6.42 Å². The van der Waals surface area contributed by atoms with Crippen LogP contribution in [-0.4, -0.2) is 37.2 Å². The second-order valence-electron chi connectivity index (χ2n) is 22.0. The van der Waals surface area contributed by atoms with E-state index in [2.05, 4.69) is 167 Å². The van der Waals surface area contributed by atoms with Gasteiger partial charge in [-0.1, -0.05) is 307 Å². The second kappa shape index (κ2) is 69.5. The van der Waals surface area contributed by atoms with E-state index in [4.69, 9.17) is 14.2 Å². The average molecular weight is 1150 g/mol. The SMILES string of the molecule is CC/C=C\C/C=C\C/C=C\C/C=C\C/C=C\CC(=O)OCC(COC(=O)CCCCCCCCCCCCCCCCCC/C=C\C/C=C\C/C=C\C/C=C\CC)OC(=O)CCCCCCCCCC/C=C\C/C=C\C/C=C\C/C=C\CC. The molecule has 468 valence electrons. The van der Waals surface area contributed by atoms with Crippen molar-refractivity contribution in [2.75, 3.05) is 13.2 Å². The van der Waals surface area contributed by atoms with Crippen LogP contribution in [0.4, 0.5) is 0 Å². The number of carbonyl (C=O) groups is 3. The van der Waals surface area contributed by atoms with E-state index in [0.717, 1.165) is 128 Å². The van der Waals surface area contributed by atoms with E-state index in [9.17, 15) is 14.4 Å². The first kappa shape index (κ1) is 78.0. The number of allylic oxidation sites excluding steroid dienone is 25. The summed E-state index contributed by atoms with van der Waals surface area (Å²) in [5, 5.41) is 0. The van der Waals surface area contributed by atoms with Crippen molar-refractivity contribution in [3.05, 3.63) is 158 Å². The summed E-state index contributed by atoms with van der Waals surface area (Å²) in [5.41, 5.74) is 0. The molecule has 0 aliphatic heterocycles. The van der Waals surface area contributed by atoms with Crippen LogP contribution in [0.25, 0.3) is 0 Å². The van der Waals surface area contributed by atoms with Gasteiger partial charge in [0.1, 0.15) is 13.2 Å². The molecule has 0 spiro atoms. The third-order valence-corrected chi connectivity index (χ3v) is 14.0. The molecule has 83 heavy (non-hydrogen) atoms. The molecule has 0 aromatic rings. The maximum absolute atomic E-state index is 12.9. The number of hydrogen-bond donors (Lipinski definition) is 0. The lowest BCUT2D eigenvalue weighted by molar-refractivity contribution is -0.166. The molecule has 0 fully saturated rings. The fourth-order valence-electron chi connectivity index (χ4n) is 9.09. The number of hydrogen-bond acceptors (Lipinski definition) is 6. The second-order valence-corrected chi connectivity index (χ2v) is 22.0. The zero-order valence-electron chi connectivity index (χ0n) is 53.7. The van der Waals surface area contributed by atoms with Crippen LogP contribution < -0.4 is 0 Å². The zero-order chi connectivity index (χ0) is 59.9. The van der Waals surface area contributed by atoms with Gasteiger partial charge >= 0.3 is 17.9 Å². The molecule has 0 aliphatic carbocycles. The van der Waals surface area contributed by atoms with Crippen molar-refractivity contribution in [2.24, 2.45) is 0 Å². The van der Waals surface area contributed by atoms with Crippen LogP contribution in [0.5, 0.6) is 0 Å². The first-order valence-electron chi connectivity index (χ1n) is 34.0. The third-order valence-electron chi connectivity index (χ3n) is 14.0. The van der Waals surface area contributed by atoms with Gasteiger partial charge in [-0.15, -0.1) is 0 Å². The smallest absolute Gasteiger partial charge is 0.309 e. The molecule has 1 unspecified atom stereocenters. The highest BCUT2D eigenvalue weighted by Gasteiger charge is 2.19. The lowest BCUT2D eigenvalue weighted by atomic mass is 10.0. The summed E-state index contributed by atoms with van der Waals surface area (Å²) in [7, 11) is 0. The molecule has 0 aromatic heterocycles. The maximum atomic E-state index is 12.9. The van der Waals surface area contributed by atoms with E-state index in [0.29, 0.717) is 12.8 Å². The largest absolute Gasteiger partial charge is 0.462 e. The topological polar surface area (TPSA) is 78.9 Å². The zero-order valence-corrected chi connectivity index (χ0v) is 53.7. The minimum atomic E-state index is -0.830. The third kappa shape index (κ3) is 67.7. The predicted octanol–water partition coefficient (Wildman–Crippen LogP) is 23.7. The number of esters is 3. The van der Waals surface area contributed by atoms with Crippen LogP contribution in [0.3, 0.4) is 0 Å². The Labute approximate surface area is 511 Å². The standard InChI is InChI=1S/C77H124O6/c1-4-7-10-13-16-19-22-25-28-30-32-34-35-36-37-38-39-40-41-43-44-46-49-52-55-58-61-64-67-70-76(79)82-73-74(72-81-75(78)69-66-63-60-57-54-51-48-27-24-21-18-15-12-9-6-3)83-77(80)71-68-65-62-59-56-53-50-47-45-42-33-31-29-26-23-20-17-14-11-8-5-2/h7-12,16-21,25-29,32-34,42,48,54,57,63,66,74H,4-6,13-15,22-24,30-31,35-41,43-47,49-53,55-56,58-62,64-65,67-73H2,1-3H3/b10-7-,11-8-,12-9-,19-16-,20-17-,21-18-,28-25-,29-26-,34-32-,42-33-,48-27-,57-54-,66-63-. The summed E-state index contributed by atoms with van der Waals surface area (Å²) in [5.74, 6) is -1.06. The van der Waals surface area contributed by atoms with Gasteiger partial charge in [0, 0.05) is 12.8 Å². The minimum Gasteiger partial charge on any atom is -0.462 e. The van der Waals surface area contributed by atoms with Crippen LogP contribution in [-0.2, 0) is 28.6 Å². The van der Waals surface area contributed by atoms with Crippen molar-refractivity contribution in [1.82, 2.24) is 0 Å². The predicted molar refractivity (Wildman–Crippen MR) is 362 cm³/mol. The fourth-order valence-corrected chi connectivity index (χ4v) is 9.09. The Hall–Kier alpha value is -4.97. The number of carbonyl (C=O) groups excluding carboxylic acids is 3. The normalized spacial score (nSPS) is 13.1. The molecule has 0 saturated carbocycles.